The topological polar surface area (TPSA) is 37.3 Å². The number of aliphatic carboxylic acids is 1. The standard InChI is InChI=1S/C25H38O2/c1-17(2)20-12-16-25(5)21(20)13-15-24(4)14-11-19(23(26)27)8-6-7-18(3)9-10-22(24)25/h7,11,20-22H,1,6,8-10,12-16H2,2-5H3,(H,26,27). The van der Waals surface area contributed by atoms with Crippen molar-refractivity contribution >= 4 is 5.97 Å². The van der Waals surface area contributed by atoms with Crippen LogP contribution >= 0.6 is 0 Å². The summed E-state index contributed by atoms with van der Waals surface area (Å²) in [6.45, 7) is 13.7. The number of allylic oxidation sites excluding steroid dienone is 4. The molecule has 0 heterocycles. The quantitative estimate of drug-likeness (QED) is 0.535. The Hall–Kier alpha value is -1.31. The molecule has 0 aromatic rings. The van der Waals surface area contributed by atoms with E-state index in [2.05, 4.69) is 46.4 Å². The minimum Gasteiger partial charge on any atom is -0.478 e. The number of hydrogen-bond donors (Lipinski definition) is 1. The summed E-state index contributed by atoms with van der Waals surface area (Å²) in [6, 6.07) is 0. The van der Waals surface area contributed by atoms with E-state index in [-0.39, 0.29) is 5.41 Å². The highest BCUT2D eigenvalue weighted by molar-refractivity contribution is 5.86. The van der Waals surface area contributed by atoms with E-state index in [1.807, 2.05) is 0 Å². The molecule has 2 heteroatoms. The molecule has 3 rings (SSSR count). The molecular formula is C25H38O2. The van der Waals surface area contributed by atoms with Gasteiger partial charge in [-0.3, -0.25) is 0 Å². The predicted molar refractivity (Wildman–Crippen MR) is 113 cm³/mol. The molecule has 1 N–H and O–H groups in total. The van der Waals surface area contributed by atoms with E-state index in [4.69, 9.17) is 0 Å². The van der Waals surface area contributed by atoms with Crippen molar-refractivity contribution in [2.24, 2.45) is 28.6 Å². The highest BCUT2D eigenvalue weighted by Crippen LogP contribution is 2.65. The van der Waals surface area contributed by atoms with Crippen molar-refractivity contribution in [2.45, 2.75) is 85.5 Å². The zero-order valence-electron chi connectivity index (χ0n) is 17.8. The van der Waals surface area contributed by atoms with Crippen LogP contribution in [0.1, 0.15) is 85.5 Å². The molecule has 0 saturated heterocycles. The molecule has 2 nitrogen and oxygen atoms in total. The zero-order valence-corrected chi connectivity index (χ0v) is 17.8. The van der Waals surface area contributed by atoms with E-state index in [1.165, 1.54) is 43.3 Å². The van der Waals surface area contributed by atoms with Gasteiger partial charge in [0.2, 0.25) is 0 Å². The van der Waals surface area contributed by atoms with Crippen LogP contribution in [0.25, 0.3) is 0 Å². The summed E-state index contributed by atoms with van der Waals surface area (Å²) < 4.78 is 0. The predicted octanol–water partition coefficient (Wildman–Crippen LogP) is 6.93. The van der Waals surface area contributed by atoms with Gasteiger partial charge in [0.05, 0.1) is 0 Å². The first-order chi connectivity index (χ1) is 12.7. The highest BCUT2D eigenvalue weighted by Gasteiger charge is 2.57. The van der Waals surface area contributed by atoms with Crippen LogP contribution < -0.4 is 0 Å². The van der Waals surface area contributed by atoms with Gasteiger partial charge in [0.25, 0.3) is 0 Å². The monoisotopic (exact) mass is 370 g/mol. The molecule has 0 aliphatic heterocycles. The van der Waals surface area contributed by atoms with Crippen molar-refractivity contribution in [3.8, 4) is 0 Å². The van der Waals surface area contributed by atoms with Crippen LogP contribution in [0, 0.1) is 28.6 Å². The maximum Gasteiger partial charge on any atom is 0.331 e. The van der Waals surface area contributed by atoms with Crippen molar-refractivity contribution in [3.63, 3.8) is 0 Å². The van der Waals surface area contributed by atoms with Crippen LogP contribution in [0.5, 0.6) is 0 Å². The van der Waals surface area contributed by atoms with E-state index < -0.39 is 5.97 Å². The molecule has 27 heavy (non-hydrogen) atoms. The van der Waals surface area contributed by atoms with Gasteiger partial charge in [-0.15, -0.1) is 0 Å². The number of rotatable bonds is 2. The van der Waals surface area contributed by atoms with Crippen molar-refractivity contribution in [1.82, 2.24) is 0 Å². The van der Waals surface area contributed by atoms with E-state index in [1.54, 1.807) is 0 Å². The second-order valence-corrected chi connectivity index (χ2v) is 10.2. The molecule has 0 amide bonds. The fourth-order valence-corrected chi connectivity index (χ4v) is 6.84. The Morgan fingerprint density at radius 2 is 1.89 bits per heavy atom. The summed E-state index contributed by atoms with van der Waals surface area (Å²) in [7, 11) is 0. The lowest BCUT2D eigenvalue weighted by atomic mass is 9.49. The first kappa shape index (κ1) is 20.4. The number of fused-ring (bicyclic) bond motifs is 3. The Morgan fingerprint density at radius 3 is 2.56 bits per heavy atom. The van der Waals surface area contributed by atoms with Gasteiger partial charge in [-0.2, -0.15) is 0 Å². The Morgan fingerprint density at radius 1 is 1.15 bits per heavy atom. The van der Waals surface area contributed by atoms with Crippen LogP contribution in [0.4, 0.5) is 0 Å². The highest BCUT2D eigenvalue weighted by atomic mass is 16.4. The van der Waals surface area contributed by atoms with Crippen LogP contribution in [0.15, 0.2) is 35.5 Å². The number of carbonyl (C=O) groups is 1. The summed E-state index contributed by atoms with van der Waals surface area (Å²) in [6.07, 6.45) is 14.2. The van der Waals surface area contributed by atoms with E-state index in [0.29, 0.717) is 29.2 Å². The molecule has 3 aliphatic rings. The minimum absolute atomic E-state index is 0.209. The first-order valence-corrected chi connectivity index (χ1v) is 10.9. The second kappa shape index (κ2) is 7.60. The van der Waals surface area contributed by atoms with Gasteiger partial charge in [0.1, 0.15) is 0 Å². The minimum atomic E-state index is -0.733. The fraction of sp³-hybridized carbons (Fsp3) is 0.720. The molecule has 2 saturated carbocycles. The average molecular weight is 371 g/mol. The van der Waals surface area contributed by atoms with Crippen LogP contribution in [0.3, 0.4) is 0 Å². The van der Waals surface area contributed by atoms with E-state index >= 15 is 0 Å². The van der Waals surface area contributed by atoms with Gasteiger partial charge in [0.15, 0.2) is 0 Å². The Kier molecular flexibility index (Phi) is 5.75. The summed E-state index contributed by atoms with van der Waals surface area (Å²) in [5, 5.41) is 9.63. The van der Waals surface area contributed by atoms with Crippen LogP contribution in [-0.2, 0) is 4.79 Å². The molecule has 3 aliphatic carbocycles. The SMILES string of the molecule is C=C(C)C1CCC2(C)C1CCC1(C)CC=C(C(=O)O)CCC=C(C)CCC12. The van der Waals surface area contributed by atoms with Crippen molar-refractivity contribution < 1.29 is 9.90 Å². The van der Waals surface area contributed by atoms with Gasteiger partial charge in [0, 0.05) is 5.57 Å². The molecule has 0 aromatic heterocycles. The van der Waals surface area contributed by atoms with E-state index in [9.17, 15) is 9.90 Å². The van der Waals surface area contributed by atoms with Gasteiger partial charge in [-0.1, -0.05) is 43.7 Å². The molecule has 0 spiro atoms. The molecule has 150 valence electrons. The largest absolute Gasteiger partial charge is 0.478 e. The smallest absolute Gasteiger partial charge is 0.331 e. The Labute approximate surface area is 165 Å². The molecular weight excluding hydrogens is 332 g/mol. The Balaban J connectivity index is 1.97. The van der Waals surface area contributed by atoms with E-state index in [0.717, 1.165) is 25.2 Å². The molecule has 0 bridgehead atoms. The van der Waals surface area contributed by atoms with Crippen LogP contribution in [0.2, 0.25) is 0 Å². The van der Waals surface area contributed by atoms with Crippen molar-refractivity contribution in [3.05, 3.63) is 35.5 Å². The summed E-state index contributed by atoms with van der Waals surface area (Å²) in [5.41, 5.74) is 3.99. The molecule has 2 fully saturated rings. The Bertz CT molecular complexity index is 670. The van der Waals surface area contributed by atoms with Crippen LogP contribution in [-0.4, -0.2) is 11.1 Å². The third-order valence-electron chi connectivity index (χ3n) is 8.45. The molecule has 0 aromatic carbocycles. The number of hydrogen-bond acceptors (Lipinski definition) is 1. The zero-order chi connectivity index (χ0) is 19.8. The molecule has 0 radical (unpaired) electrons. The maximum atomic E-state index is 11.7. The lowest BCUT2D eigenvalue weighted by molar-refractivity contribution is -0.132. The summed E-state index contributed by atoms with van der Waals surface area (Å²) >= 11 is 0. The lowest BCUT2D eigenvalue weighted by Crippen LogP contribution is -2.47. The third-order valence-corrected chi connectivity index (χ3v) is 8.45. The summed E-state index contributed by atoms with van der Waals surface area (Å²) in [4.78, 5) is 11.7. The lowest BCUT2D eigenvalue weighted by Gasteiger charge is -2.55. The summed E-state index contributed by atoms with van der Waals surface area (Å²) in [5.74, 6) is 1.36. The van der Waals surface area contributed by atoms with Gasteiger partial charge < -0.3 is 5.11 Å². The normalized spacial score (nSPS) is 40.1. The fourth-order valence-electron chi connectivity index (χ4n) is 6.84. The van der Waals surface area contributed by atoms with Crippen molar-refractivity contribution in [2.75, 3.05) is 0 Å². The number of carboxylic acid groups (broad SMARTS) is 1. The van der Waals surface area contributed by atoms with Gasteiger partial charge >= 0.3 is 5.97 Å². The van der Waals surface area contributed by atoms with Gasteiger partial charge in [-0.25, -0.2) is 4.79 Å². The molecule has 5 unspecified atom stereocenters. The van der Waals surface area contributed by atoms with Crippen molar-refractivity contribution in [1.29, 1.82) is 0 Å². The number of carboxylic acids is 1. The first-order valence-electron chi connectivity index (χ1n) is 10.9. The second-order valence-electron chi connectivity index (χ2n) is 10.2. The average Bonchev–Trinajstić information content (AvgIpc) is 2.92. The third kappa shape index (κ3) is 3.82. The molecule has 5 atom stereocenters. The van der Waals surface area contributed by atoms with Gasteiger partial charge in [-0.05, 0) is 100 Å². The maximum absolute atomic E-state index is 11.7.